The summed E-state index contributed by atoms with van der Waals surface area (Å²) in [4.78, 5) is 6.89. The van der Waals surface area contributed by atoms with Gasteiger partial charge in [-0.2, -0.15) is 0 Å². The lowest BCUT2D eigenvalue weighted by Crippen LogP contribution is -2.35. The van der Waals surface area contributed by atoms with Gasteiger partial charge in [-0.25, -0.2) is 4.98 Å². The summed E-state index contributed by atoms with van der Waals surface area (Å²) in [6.45, 7) is 10.6. The Morgan fingerprint density at radius 1 is 1.35 bits per heavy atom. The first-order valence-electron chi connectivity index (χ1n) is 7.61. The summed E-state index contributed by atoms with van der Waals surface area (Å²) in [5, 5.41) is 4.25. The molecule has 112 valence electrons. The molecule has 0 radical (unpaired) electrons. The molecule has 1 aromatic rings. The molecule has 0 spiro atoms. The van der Waals surface area contributed by atoms with Crippen LogP contribution in [0, 0.1) is 5.92 Å². The van der Waals surface area contributed by atoms with E-state index in [-0.39, 0.29) is 0 Å². The van der Waals surface area contributed by atoms with E-state index in [0.29, 0.717) is 18.0 Å². The highest BCUT2D eigenvalue weighted by molar-refractivity contribution is 6.33. The van der Waals surface area contributed by atoms with Gasteiger partial charge in [0, 0.05) is 31.4 Å². The van der Waals surface area contributed by atoms with Crippen LogP contribution in [-0.2, 0) is 6.54 Å². The molecule has 0 bridgehead atoms. The van der Waals surface area contributed by atoms with Crippen LogP contribution >= 0.6 is 11.6 Å². The van der Waals surface area contributed by atoms with E-state index < -0.39 is 0 Å². The second-order valence-corrected chi connectivity index (χ2v) is 6.85. The van der Waals surface area contributed by atoms with Crippen molar-refractivity contribution in [3.05, 3.63) is 22.8 Å². The second kappa shape index (κ2) is 6.77. The van der Waals surface area contributed by atoms with Crippen molar-refractivity contribution in [1.82, 2.24) is 10.3 Å². The number of rotatable bonds is 7. The first-order valence-corrected chi connectivity index (χ1v) is 7.99. The zero-order valence-corrected chi connectivity index (χ0v) is 13.7. The van der Waals surface area contributed by atoms with Gasteiger partial charge >= 0.3 is 0 Å². The molecule has 0 atom stereocenters. The zero-order valence-electron chi connectivity index (χ0n) is 13.0. The van der Waals surface area contributed by atoms with Gasteiger partial charge in [0.25, 0.3) is 0 Å². The van der Waals surface area contributed by atoms with Gasteiger partial charge in [0.05, 0.1) is 5.02 Å². The molecule has 0 aromatic carbocycles. The largest absolute Gasteiger partial charge is 0.353 e. The molecule has 3 nitrogen and oxygen atoms in total. The second-order valence-electron chi connectivity index (χ2n) is 6.44. The fourth-order valence-corrected chi connectivity index (χ4v) is 2.56. The minimum atomic E-state index is 0.401. The van der Waals surface area contributed by atoms with Crippen molar-refractivity contribution >= 4 is 17.4 Å². The lowest BCUT2D eigenvalue weighted by molar-refractivity contribution is 0.566. The Labute approximate surface area is 127 Å². The Bertz CT molecular complexity index is 441. The van der Waals surface area contributed by atoms with E-state index in [0.717, 1.165) is 23.9 Å². The lowest BCUT2D eigenvalue weighted by Gasteiger charge is -2.30. The molecular formula is C16H26ClN3. The molecule has 1 heterocycles. The van der Waals surface area contributed by atoms with Crippen LogP contribution < -0.4 is 10.2 Å². The van der Waals surface area contributed by atoms with Gasteiger partial charge < -0.3 is 10.2 Å². The van der Waals surface area contributed by atoms with Crippen LogP contribution in [0.15, 0.2) is 12.3 Å². The van der Waals surface area contributed by atoms with Gasteiger partial charge in [-0.05, 0) is 44.2 Å². The summed E-state index contributed by atoms with van der Waals surface area (Å²) >= 11 is 6.45. The smallest absolute Gasteiger partial charge is 0.147 e. The predicted octanol–water partition coefficient (Wildman–Crippen LogP) is 3.86. The van der Waals surface area contributed by atoms with Crippen molar-refractivity contribution in [3.8, 4) is 0 Å². The Morgan fingerprint density at radius 2 is 2.05 bits per heavy atom. The van der Waals surface area contributed by atoms with Crippen LogP contribution in [0.2, 0.25) is 5.02 Å². The average molecular weight is 296 g/mol. The standard InChI is InChI=1S/C16H26ClN3/c1-11(2)10-20(12(3)4)16-15(17)7-13(9-19-16)8-18-14-5-6-14/h7,9,11-12,14,18H,5-6,8,10H2,1-4H3. The molecule has 0 amide bonds. The summed E-state index contributed by atoms with van der Waals surface area (Å²) in [5.74, 6) is 1.50. The van der Waals surface area contributed by atoms with Crippen LogP contribution in [0.4, 0.5) is 5.82 Å². The minimum absolute atomic E-state index is 0.401. The van der Waals surface area contributed by atoms with E-state index in [2.05, 4.69) is 49.0 Å². The van der Waals surface area contributed by atoms with E-state index in [1.807, 2.05) is 6.20 Å². The number of pyridine rings is 1. The average Bonchev–Trinajstić information content (AvgIpc) is 3.17. The third kappa shape index (κ3) is 4.35. The molecule has 1 fully saturated rings. The number of nitrogens with zero attached hydrogens (tertiary/aromatic N) is 2. The molecule has 0 aliphatic heterocycles. The van der Waals surface area contributed by atoms with Crippen molar-refractivity contribution in [2.75, 3.05) is 11.4 Å². The van der Waals surface area contributed by atoms with E-state index >= 15 is 0 Å². The van der Waals surface area contributed by atoms with Gasteiger partial charge in [-0.15, -0.1) is 0 Å². The summed E-state index contributed by atoms with van der Waals surface area (Å²) in [7, 11) is 0. The summed E-state index contributed by atoms with van der Waals surface area (Å²) in [6.07, 6.45) is 4.55. The molecule has 0 unspecified atom stereocenters. The maximum atomic E-state index is 6.45. The number of nitrogens with one attached hydrogen (secondary N) is 1. The third-order valence-electron chi connectivity index (χ3n) is 3.51. The Kier molecular flexibility index (Phi) is 5.28. The molecule has 1 aliphatic rings. The number of hydrogen-bond acceptors (Lipinski definition) is 3. The van der Waals surface area contributed by atoms with Gasteiger partial charge in [-0.3, -0.25) is 0 Å². The first kappa shape index (κ1) is 15.6. The van der Waals surface area contributed by atoms with E-state index in [4.69, 9.17) is 11.6 Å². The number of anilines is 1. The van der Waals surface area contributed by atoms with Crippen LogP contribution in [0.3, 0.4) is 0 Å². The maximum Gasteiger partial charge on any atom is 0.147 e. The summed E-state index contributed by atoms with van der Waals surface area (Å²) < 4.78 is 0. The number of halogens is 1. The van der Waals surface area contributed by atoms with Crippen LogP contribution in [0.1, 0.15) is 46.1 Å². The molecule has 2 rings (SSSR count). The molecule has 1 N–H and O–H groups in total. The minimum Gasteiger partial charge on any atom is -0.353 e. The molecule has 1 saturated carbocycles. The van der Waals surface area contributed by atoms with Crippen molar-refractivity contribution < 1.29 is 0 Å². The highest BCUT2D eigenvalue weighted by Gasteiger charge is 2.21. The normalized spacial score (nSPS) is 15.2. The third-order valence-corrected chi connectivity index (χ3v) is 3.79. The maximum absolute atomic E-state index is 6.45. The SMILES string of the molecule is CC(C)CN(c1ncc(CNC2CC2)cc1Cl)C(C)C. The van der Waals surface area contributed by atoms with Crippen LogP contribution in [0.25, 0.3) is 0 Å². The molecule has 1 aliphatic carbocycles. The van der Waals surface area contributed by atoms with E-state index in [1.54, 1.807) is 0 Å². The highest BCUT2D eigenvalue weighted by Crippen LogP contribution is 2.27. The molecule has 4 heteroatoms. The van der Waals surface area contributed by atoms with Crippen molar-refractivity contribution in [3.63, 3.8) is 0 Å². The van der Waals surface area contributed by atoms with Gasteiger partial charge in [0.1, 0.15) is 5.82 Å². The Hall–Kier alpha value is -0.800. The van der Waals surface area contributed by atoms with Crippen LogP contribution in [-0.4, -0.2) is 23.6 Å². The molecule has 20 heavy (non-hydrogen) atoms. The Morgan fingerprint density at radius 3 is 2.55 bits per heavy atom. The highest BCUT2D eigenvalue weighted by atomic mass is 35.5. The monoisotopic (exact) mass is 295 g/mol. The quantitative estimate of drug-likeness (QED) is 0.828. The fourth-order valence-electron chi connectivity index (χ4n) is 2.26. The summed E-state index contributed by atoms with van der Waals surface area (Å²) in [5.41, 5.74) is 1.17. The number of hydrogen-bond donors (Lipinski definition) is 1. The van der Waals surface area contributed by atoms with Crippen molar-refractivity contribution in [2.45, 2.75) is 59.2 Å². The first-order chi connectivity index (χ1) is 9.47. The Balaban J connectivity index is 2.09. The van der Waals surface area contributed by atoms with Crippen molar-refractivity contribution in [2.24, 2.45) is 5.92 Å². The summed E-state index contributed by atoms with van der Waals surface area (Å²) in [6, 6.07) is 3.16. The lowest BCUT2D eigenvalue weighted by atomic mass is 10.1. The zero-order chi connectivity index (χ0) is 14.7. The van der Waals surface area contributed by atoms with Gasteiger partial charge in [0.15, 0.2) is 0 Å². The topological polar surface area (TPSA) is 28.2 Å². The predicted molar refractivity (Wildman–Crippen MR) is 86.4 cm³/mol. The van der Waals surface area contributed by atoms with Crippen LogP contribution in [0.5, 0.6) is 0 Å². The fraction of sp³-hybridized carbons (Fsp3) is 0.688. The van der Waals surface area contributed by atoms with Gasteiger partial charge in [0.2, 0.25) is 0 Å². The van der Waals surface area contributed by atoms with Gasteiger partial charge in [-0.1, -0.05) is 25.4 Å². The molecule has 1 aromatic heterocycles. The molecule has 0 saturated heterocycles. The van der Waals surface area contributed by atoms with E-state index in [1.165, 1.54) is 18.4 Å². The number of aromatic nitrogens is 1. The van der Waals surface area contributed by atoms with Crippen molar-refractivity contribution in [1.29, 1.82) is 0 Å². The molecular weight excluding hydrogens is 270 g/mol. The van der Waals surface area contributed by atoms with E-state index in [9.17, 15) is 0 Å².